The third kappa shape index (κ3) is 4.68. The van der Waals surface area contributed by atoms with Gasteiger partial charge in [0.25, 0.3) is 5.91 Å². The van der Waals surface area contributed by atoms with Gasteiger partial charge in [-0.15, -0.1) is 0 Å². The zero-order chi connectivity index (χ0) is 23.1. The van der Waals surface area contributed by atoms with Gasteiger partial charge in [-0.05, 0) is 44.5 Å². The molecular weight excluding hydrogens is 440 g/mol. The molecule has 11 heteroatoms. The van der Waals surface area contributed by atoms with Gasteiger partial charge in [-0.1, -0.05) is 0 Å². The van der Waals surface area contributed by atoms with Crippen LogP contribution < -0.4 is 0 Å². The van der Waals surface area contributed by atoms with E-state index in [1.54, 1.807) is 16.6 Å². The Kier molecular flexibility index (Phi) is 6.32. The molecule has 0 radical (unpaired) electrons. The zero-order valence-corrected chi connectivity index (χ0v) is 20.0. The topological polar surface area (TPSA) is 110 Å². The summed E-state index contributed by atoms with van der Waals surface area (Å²) in [5.74, 6) is 0.0121. The van der Waals surface area contributed by atoms with Crippen LogP contribution in [-0.4, -0.2) is 74.4 Å². The lowest BCUT2D eigenvalue weighted by atomic mass is 10.1. The Hall–Kier alpha value is -2.24. The number of aromatic nitrogens is 2. The fourth-order valence-electron chi connectivity index (χ4n) is 3.76. The molecule has 2 aromatic rings. The van der Waals surface area contributed by atoms with E-state index in [2.05, 4.69) is 5.10 Å². The molecule has 0 N–H and O–H groups in total. The molecule has 1 aliphatic rings. The molecule has 0 bridgehead atoms. The van der Waals surface area contributed by atoms with Gasteiger partial charge in [-0.2, -0.15) is 5.10 Å². The number of carbonyl (C=O) groups is 1. The second kappa shape index (κ2) is 8.36. The number of rotatable bonds is 6. The van der Waals surface area contributed by atoms with E-state index in [0.717, 1.165) is 21.3 Å². The molecule has 1 aliphatic heterocycles. The molecule has 1 saturated heterocycles. The van der Waals surface area contributed by atoms with Crippen LogP contribution in [0.15, 0.2) is 29.2 Å². The SMILES string of the molecule is Cc1nn([C@H]2CCS(=O)(=O)C2)c(C)c1CN(C)C(=O)c1ccc(S(=O)(=O)N(C)C)cc1. The molecule has 0 saturated carbocycles. The molecule has 1 amide bonds. The fourth-order valence-corrected chi connectivity index (χ4v) is 6.35. The van der Waals surface area contributed by atoms with Crippen molar-refractivity contribution < 1.29 is 21.6 Å². The maximum absolute atomic E-state index is 12.9. The van der Waals surface area contributed by atoms with Crippen LogP contribution in [0, 0.1) is 13.8 Å². The minimum atomic E-state index is -3.56. The van der Waals surface area contributed by atoms with Crippen molar-refractivity contribution >= 4 is 25.8 Å². The minimum Gasteiger partial charge on any atom is -0.337 e. The van der Waals surface area contributed by atoms with Crippen molar-refractivity contribution in [2.45, 2.75) is 37.8 Å². The molecule has 0 unspecified atom stereocenters. The van der Waals surface area contributed by atoms with Crippen molar-refractivity contribution in [2.24, 2.45) is 0 Å². The molecule has 2 heterocycles. The Labute approximate surface area is 183 Å². The smallest absolute Gasteiger partial charge is 0.253 e. The van der Waals surface area contributed by atoms with E-state index >= 15 is 0 Å². The molecular formula is C20H28N4O5S2. The van der Waals surface area contributed by atoms with Crippen molar-refractivity contribution in [1.82, 2.24) is 19.0 Å². The third-order valence-electron chi connectivity index (χ3n) is 5.65. The van der Waals surface area contributed by atoms with Crippen LogP contribution in [0.5, 0.6) is 0 Å². The molecule has 170 valence electrons. The van der Waals surface area contributed by atoms with Gasteiger partial charge in [-0.3, -0.25) is 9.48 Å². The Morgan fingerprint density at radius 1 is 1.16 bits per heavy atom. The Morgan fingerprint density at radius 3 is 2.29 bits per heavy atom. The number of aryl methyl sites for hydroxylation is 1. The highest BCUT2D eigenvalue weighted by atomic mass is 32.2. The molecule has 0 spiro atoms. The maximum atomic E-state index is 12.9. The molecule has 31 heavy (non-hydrogen) atoms. The number of hydrogen-bond acceptors (Lipinski definition) is 6. The van der Waals surface area contributed by atoms with Crippen LogP contribution in [0.25, 0.3) is 0 Å². The van der Waals surface area contributed by atoms with Gasteiger partial charge in [0.05, 0.1) is 28.1 Å². The Balaban J connectivity index is 1.77. The highest BCUT2D eigenvalue weighted by Crippen LogP contribution is 2.27. The van der Waals surface area contributed by atoms with Crippen molar-refractivity contribution in [2.75, 3.05) is 32.6 Å². The molecule has 1 aromatic heterocycles. The summed E-state index contributed by atoms with van der Waals surface area (Å²) in [6, 6.07) is 5.67. The van der Waals surface area contributed by atoms with Crippen molar-refractivity contribution in [1.29, 1.82) is 0 Å². The van der Waals surface area contributed by atoms with Crippen LogP contribution in [0.2, 0.25) is 0 Å². The second-order valence-corrected chi connectivity index (χ2v) is 12.5. The van der Waals surface area contributed by atoms with Crippen molar-refractivity contribution in [3.8, 4) is 0 Å². The number of hydrogen-bond donors (Lipinski definition) is 0. The van der Waals surface area contributed by atoms with Crippen molar-refractivity contribution in [3.05, 3.63) is 46.8 Å². The molecule has 9 nitrogen and oxygen atoms in total. The summed E-state index contributed by atoms with van der Waals surface area (Å²) in [5, 5.41) is 4.54. The van der Waals surface area contributed by atoms with Gasteiger partial charge in [0.1, 0.15) is 0 Å². The van der Waals surface area contributed by atoms with Crippen LogP contribution in [0.3, 0.4) is 0 Å². The van der Waals surface area contributed by atoms with E-state index in [0.29, 0.717) is 18.5 Å². The van der Waals surface area contributed by atoms with Crippen LogP contribution >= 0.6 is 0 Å². The van der Waals surface area contributed by atoms with Crippen molar-refractivity contribution in [3.63, 3.8) is 0 Å². The standard InChI is InChI=1S/C20H28N4O5S2/c1-14-19(15(2)24(21-14)17-10-11-30(26,27)13-17)12-23(5)20(25)16-6-8-18(9-7-16)31(28,29)22(3)4/h6-9,17H,10-13H2,1-5H3/t17-/m0/s1. The van der Waals surface area contributed by atoms with Gasteiger partial charge in [0.15, 0.2) is 9.84 Å². The van der Waals surface area contributed by atoms with Gasteiger partial charge >= 0.3 is 0 Å². The summed E-state index contributed by atoms with van der Waals surface area (Å²) in [5.41, 5.74) is 2.87. The lowest BCUT2D eigenvalue weighted by Crippen LogP contribution is -2.27. The van der Waals surface area contributed by atoms with E-state index in [-0.39, 0.29) is 28.4 Å². The molecule has 1 fully saturated rings. The lowest BCUT2D eigenvalue weighted by molar-refractivity contribution is 0.0784. The maximum Gasteiger partial charge on any atom is 0.253 e. The first-order valence-corrected chi connectivity index (χ1v) is 13.1. The van der Waals surface area contributed by atoms with E-state index < -0.39 is 19.9 Å². The number of amides is 1. The Morgan fingerprint density at radius 2 is 1.77 bits per heavy atom. The van der Waals surface area contributed by atoms with Crippen LogP contribution in [-0.2, 0) is 26.4 Å². The normalized spacial score (nSPS) is 18.5. The number of benzene rings is 1. The monoisotopic (exact) mass is 468 g/mol. The minimum absolute atomic E-state index is 0.0887. The predicted octanol–water partition coefficient (Wildman–Crippen LogP) is 1.38. The van der Waals surface area contributed by atoms with Gasteiger partial charge < -0.3 is 4.90 Å². The Bertz CT molecular complexity index is 1200. The molecule has 0 aliphatic carbocycles. The van der Waals surface area contributed by atoms with Crippen LogP contribution in [0.1, 0.15) is 39.8 Å². The van der Waals surface area contributed by atoms with Gasteiger partial charge in [0.2, 0.25) is 10.0 Å². The summed E-state index contributed by atoms with van der Waals surface area (Å²) in [6.45, 7) is 4.05. The second-order valence-electron chi connectivity index (χ2n) is 8.12. The highest BCUT2D eigenvalue weighted by Gasteiger charge is 2.31. The van der Waals surface area contributed by atoms with Crippen LogP contribution in [0.4, 0.5) is 0 Å². The first-order valence-electron chi connectivity index (χ1n) is 9.86. The summed E-state index contributed by atoms with van der Waals surface area (Å²) >= 11 is 0. The highest BCUT2D eigenvalue weighted by molar-refractivity contribution is 7.91. The fraction of sp³-hybridized carbons (Fsp3) is 0.500. The summed E-state index contributed by atoms with van der Waals surface area (Å²) < 4.78 is 50.9. The summed E-state index contributed by atoms with van der Waals surface area (Å²) in [4.78, 5) is 14.5. The van der Waals surface area contributed by atoms with E-state index in [9.17, 15) is 21.6 Å². The predicted molar refractivity (Wildman–Crippen MR) is 117 cm³/mol. The van der Waals surface area contributed by atoms with E-state index in [1.807, 2.05) is 13.8 Å². The van der Waals surface area contributed by atoms with Gasteiger partial charge in [-0.25, -0.2) is 21.1 Å². The quantitative estimate of drug-likeness (QED) is 0.634. The first-order chi connectivity index (χ1) is 14.3. The molecule has 3 rings (SSSR count). The molecule has 1 atom stereocenters. The number of sulfone groups is 1. The third-order valence-corrected chi connectivity index (χ3v) is 9.23. The number of nitrogens with zero attached hydrogens (tertiary/aromatic N) is 4. The summed E-state index contributed by atoms with van der Waals surface area (Å²) in [7, 11) is -2.01. The largest absolute Gasteiger partial charge is 0.337 e. The zero-order valence-electron chi connectivity index (χ0n) is 18.4. The van der Waals surface area contributed by atoms with Gasteiger partial charge in [0, 0.05) is 44.5 Å². The van der Waals surface area contributed by atoms with E-state index in [1.165, 1.54) is 38.4 Å². The van der Waals surface area contributed by atoms with E-state index in [4.69, 9.17) is 0 Å². The molecule has 1 aromatic carbocycles. The lowest BCUT2D eigenvalue weighted by Gasteiger charge is -2.19. The number of sulfonamides is 1. The average Bonchev–Trinajstić information content (AvgIpc) is 3.20. The number of carbonyl (C=O) groups excluding carboxylic acids is 1. The summed E-state index contributed by atoms with van der Waals surface area (Å²) in [6.07, 6.45) is 0.542. The average molecular weight is 469 g/mol. The first kappa shape index (κ1) is 23.4.